The maximum Gasteiger partial charge on any atom is 0.387 e. The van der Waals surface area contributed by atoms with Crippen LogP contribution in [0.1, 0.15) is 43.0 Å². The van der Waals surface area contributed by atoms with Crippen molar-refractivity contribution in [2.75, 3.05) is 39.3 Å². The number of nitrogens with zero attached hydrogens (tertiary/aromatic N) is 2. The van der Waals surface area contributed by atoms with Crippen LogP contribution < -0.4 is 15.4 Å². The van der Waals surface area contributed by atoms with Gasteiger partial charge in [0.15, 0.2) is 0 Å². The van der Waals surface area contributed by atoms with Gasteiger partial charge in [-0.25, -0.2) is 0 Å². The van der Waals surface area contributed by atoms with E-state index in [4.69, 9.17) is 0 Å². The number of carbonyl (C=O) groups is 2. The van der Waals surface area contributed by atoms with Crippen molar-refractivity contribution < 1.29 is 23.1 Å². The van der Waals surface area contributed by atoms with E-state index in [1.54, 1.807) is 6.92 Å². The van der Waals surface area contributed by atoms with Crippen molar-refractivity contribution in [1.29, 1.82) is 0 Å². The standard InChI is InChI=1S/C12H14F2N2O2.C10H18N2O/c13-12(14)18-10-3-1-8(2-4-10)11(17)16-9-5-6-15-7-9;1-9(13)11-5-7-12(8-6-11)10-3-2-4-10/h1-4,9,12,15H,5-7H2,(H,16,17);10H,2-8H2,1H3. The number of piperazine rings is 1. The van der Waals surface area contributed by atoms with Crippen LogP contribution in [0, 0.1) is 0 Å². The molecule has 172 valence electrons. The summed E-state index contributed by atoms with van der Waals surface area (Å²) >= 11 is 0. The highest BCUT2D eigenvalue weighted by Gasteiger charge is 2.28. The van der Waals surface area contributed by atoms with Gasteiger partial charge in [0.1, 0.15) is 5.75 Å². The molecule has 3 aliphatic rings. The number of rotatable bonds is 5. The molecule has 0 aromatic heterocycles. The third-order valence-corrected chi connectivity index (χ3v) is 6.09. The normalized spacial score (nSPS) is 21.8. The molecule has 2 saturated heterocycles. The van der Waals surface area contributed by atoms with Gasteiger partial charge >= 0.3 is 6.61 Å². The Labute approximate surface area is 182 Å². The van der Waals surface area contributed by atoms with Gasteiger partial charge in [-0.15, -0.1) is 0 Å². The molecule has 0 spiro atoms. The van der Waals surface area contributed by atoms with Crippen LogP contribution in [0.4, 0.5) is 8.78 Å². The molecule has 2 aliphatic heterocycles. The first-order valence-electron chi connectivity index (χ1n) is 11.0. The Kier molecular flexibility index (Phi) is 8.60. The van der Waals surface area contributed by atoms with Gasteiger partial charge in [0.2, 0.25) is 5.91 Å². The molecule has 1 aromatic rings. The second-order valence-electron chi connectivity index (χ2n) is 8.19. The van der Waals surface area contributed by atoms with Crippen molar-refractivity contribution in [3.8, 4) is 5.75 Å². The van der Waals surface area contributed by atoms with Crippen molar-refractivity contribution in [3.05, 3.63) is 29.8 Å². The highest BCUT2D eigenvalue weighted by Crippen LogP contribution is 2.25. The van der Waals surface area contributed by atoms with Crippen LogP contribution in [0.3, 0.4) is 0 Å². The highest BCUT2D eigenvalue weighted by atomic mass is 19.3. The first kappa shape index (κ1) is 23.4. The van der Waals surface area contributed by atoms with Crippen LogP contribution in [-0.4, -0.2) is 79.6 Å². The van der Waals surface area contributed by atoms with Gasteiger partial charge in [0, 0.05) is 57.3 Å². The number of carbonyl (C=O) groups excluding carboxylic acids is 2. The Morgan fingerprint density at radius 3 is 2.26 bits per heavy atom. The summed E-state index contributed by atoms with van der Waals surface area (Å²) in [5, 5.41) is 6.01. The van der Waals surface area contributed by atoms with Gasteiger partial charge in [0.25, 0.3) is 5.91 Å². The van der Waals surface area contributed by atoms with E-state index in [1.165, 1.54) is 43.5 Å². The molecule has 2 heterocycles. The van der Waals surface area contributed by atoms with Gasteiger partial charge < -0.3 is 20.3 Å². The van der Waals surface area contributed by atoms with Crippen LogP contribution in [0.25, 0.3) is 0 Å². The van der Waals surface area contributed by atoms with E-state index < -0.39 is 6.61 Å². The number of hydrogen-bond acceptors (Lipinski definition) is 5. The lowest BCUT2D eigenvalue weighted by Gasteiger charge is -2.42. The molecule has 9 heteroatoms. The number of nitrogens with one attached hydrogen (secondary N) is 2. The number of ether oxygens (including phenoxy) is 1. The van der Waals surface area contributed by atoms with Gasteiger partial charge in [-0.2, -0.15) is 8.78 Å². The number of alkyl halides is 2. The molecule has 2 N–H and O–H groups in total. The zero-order valence-corrected chi connectivity index (χ0v) is 18.0. The third-order valence-electron chi connectivity index (χ3n) is 6.09. The Hall–Kier alpha value is -2.26. The Balaban J connectivity index is 0.000000185. The predicted molar refractivity (Wildman–Crippen MR) is 113 cm³/mol. The summed E-state index contributed by atoms with van der Waals surface area (Å²) < 4.78 is 28.1. The van der Waals surface area contributed by atoms with E-state index in [2.05, 4.69) is 20.3 Å². The Morgan fingerprint density at radius 1 is 1.10 bits per heavy atom. The summed E-state index contributed by atoms with van der Waals surface area (Å²) in [7, 11) is 0. The maximum atomic E-state index is 11.9. The lowest BCUT2D eigenvalue weighted by Crippen LogP contribution is -2.53. The van der Waals surface area contributed by atoms with Crippen LogP contribution in [0.15, 0.2) is 24.3 Å². The monoisotopic (exact) mass is 438 g/mol. The minimum absolute atomic E-state index is 0.0454. The largest absolute Gasteiger partial charge is 0.435 e. The topological polar surface area (TPSA) is 73.9 Å². The maximum absolute atomic E-state index is 11.9. The predicted octanol–water partition coefficient (Wildman–Crippen LogP) is 2.08. The van der Waals surface area contributed by atoms with E-state index in [-0.39, 0.29) is 23.6 Å². The fourth-order valence-electron chi connectivity index (χ4n) is 3.99. The second kappa shape index (κ2) is 11.4. The van der Waals surface area contributed by atoms with Gasteiger partial charge in [-0.05, 0) is 50.1 Å². The average molecular weight is 439 g/mol. The summed E-state index contributed by atoms with van der Waals surface area (Å²) in [5.74, 6) is 0.0737. The lowest BCUT2D eigenvalue weighted by molar-refractivity contribution is -0.131. The van der Waals surface area contributed by atoms with Gasteiger partial charge in [-0.1, -0.05) is 6.42 Å². The number of halogens is 2. The van der Waals surface area contributed by atoms with Crippen molar-refractivity contribution in [2.45, 2.75) is 51.3 Å². The van der Waals surface area contributed by atoms with Crippen LogP contribution in [0.2, 0.25) is 0 Å². The van der Waals surface area contributed by atoms with E-state index in [9.17, 15) is 18.4 Å². The zero-order chi connectivity index (χ0) is 22.2. The summed E-state index contributed by atoms with van der Waals surface area (Å²) in [6.45, 7) is 4.52. The van der Waals surface area contributed by atoms with Crippen molar-refractivity contribution in [3.63, 3.8) is 0 Å². The zero-order valence-electron chi connectivity index (χ0n) is 18.0. The van der Waals surface area contributed by atoms with Crippen molar-refractivity contribution >= 4 is 11.8 Å². The van der Waals surface area contributed by atoms with E-state index in [0.717, 1.165) is 51.7 Å². The summed E-state index contributed by atoms with van der Waals surface area (Å²) in [6, 6.07) is 6.62. The SMILES string of the molecule is CC(=O)N1CCN(C2CCC2)CC1.O=C(NC1CCNC1)c1ccc(OC(F)F)cc1. The number of benzene rings is 1. The quantitative estimate of drug-likeness (QED) is 0.737. The first-order valence-corrected chi connectivity index (χ1v) is 11.0. The van der Waals surface area contributed by atoms with E-state index in [1.807, 2.05) is 4.90 Å². The van der Waals surface area contributed by atoms with Gasteiger partial charge in [-0.3, -0.25) is 14.5 Å². The molecule has 1 atom stereocenters. The molecule has 0 radical (unpaired) electrons. The fourth-order valence-corrected chi connectivity index (χ4v) is 3.99. The smallest absolute Gasteiger partial charge is 0.387 e. The first-order chi connectivity index (χ1) is 14.9. The minimum atomic E-state index is -2.85. The molecule has 31 heavy (non-hydrogen) atoms. The van der Waals surface area contributed by atoms with Crippen LogP contribution in [-0.2, 0) is 4.79 Å². The second-order valence-corrected chi connectivity index (χ2v) is 8.19. The molecular weight excluding hydrogens is 406 g/mol. The number of amides is 2. The molecule has 1 aliphatic carbocycles. The summed E-state index contributed by atoms with van der Waals surface area (Å²) in [4.78, 5) is 27.4. The molecule has 7 nitrogen and oxygen atoms in total. The van der Waals surface area contributed by atoms with Crippen molar-refractivity contribution in [2.24, 2.45) is 0 Å². The van der Waals surface area contributed by atoms with Crippen molar-refractivity contribution in [1.82, 2.24) is 20.4 Å². The highest BCUT2D eigenvalue weighted by molar-refractivity contribution is 5.94. The van der Waals surface area contributed by atoms with Crippen LogP contribution >= 0.6 is 0 Å². The summed E-state index contributed by atoms with van der Waals surface area (Å²) in [6.07, 6.45) is 5.05. The van der Waals surface area contributed by atoms with E-state index in [0.29, 0.717) is 5.56 Å². The van der Waals surface area contributed by atoms with Crippen LogP contribution in [0.5, 0.6) is 5.75 Å². The third kappa shape index (κ3) is 7.14. The lowest BCUT2D eigenvalue weighted by atomic mass is 9.91. The summed E-state index contributed by atoms with van der Waals surface area (Å²) in [5.41, 5.74) is 0.434. The molecule has 3 fully saturated rings. The molecule has 4 rings (SSSR count). The van der Waals surface area contributed by atoms with Gasteiger partial charge in [0.05, 0.1) is 0 Å². The molecular formula is C22H32F2N4O3. The Morgan fingerprint density at radius 2 is 1.77 bits per heavy atom. The molecule has 2 amide bonds. The molecule has 1 aromatic carbocycles. The fraction of sp³-hybridized carbons (Fsp3) is 0.636. The molecule has 0 bridgehead atoms. The Bertz CT molecular complexity index is 714. The molecule has 1 unspecified atom stereocenters. The number of hydrogen-bond donors (Lipinski definition) is 2. The average Bonchev–Trinajstić information content (AvgIpc) is 3.21. The molecule has 1 saturated carbocycles. The minimum Gasteiger partial charge on any atom is -0.435 e. The van der Waals surface area contributed by atoms with E-state index >= 15 is 0 Å².